The van der Waals surface area contributed by atoms with Gasteiger partial charge in [-0.2, -0.15) is 0 Å². The van der Waals surface area contributed by atoms with Gasteiger partial charge in [-0.3, -0.25) is 9.59 Å². The number of carbonyl (C=O) groups is 2. The van der Waals surface area contributed by atoms with Gasteiger partial charge in [0, 0.05) is 41.1 Å². The van der Waals surface area contributed by atoms with Crippen LogP contribution in [0, 0.1) is 0 Å². The molecule has 1 N–H and O–H groups in total. The second kappa shape index (κ2) is 8.98. The molecule has 0 aliphatic carbocycles. The van der Waals surface area contributed by atoms with Crippen LogP contribution in [0.4, 0.5) is 0 Å². The maximum atomic E-state index is 13.2. The highest BCUT2D eigenvalue weighted by Crippen LogP contribution is 2.32. The highest BCUT2D eigenvalue weighted by molar-refractivity contribution is 6.10. The van der Waals surface area contributed by atoms with Crippen molar-refractivity contribution >= 4 is 17.4 Å². The fourth-order valence-electron chi connectivity index (χ4n) is 4.10. The number of amides is 1. The van der Waals surface area contributed by atoms with Crippen LogP contribution in [0.2, 0.25) is 0 Å². The molecule has 1 aliphatic rings. The van der Waals surface area contributed by atoms with Crippen LogP contribution in [0.3, 0.4) is 0 Å². The summed E-state index contributed by atoms with van der Waals surface area (Å²) in [7, 11) is 3.33. The van der Waals surface area contributed by atoms with E-state index in [0.29, 0.717) is 23.4 Å². The summed E-state index contributed by atoms with van der Waals surface area (Å²) < 4.78 is 10.7. The van der Waals surface area contributed by atoms with Crippen molar-refractivity contribution in [3.8, 4) is 5.75 Å². The average Bonchev–Trinajstić information content (AvgIpc) is 3.30. The Kier molecular flexibility index (Phi) is 6.09. The van der Waals surface area contributed by atoms with E-state index in [9.17, 15) is 9.59 Å². The number of nitrogens with zero attached hydrogens (tertiary/aromatic N) is 1. The van der Waals surface area contributed by atoms with E-state index in [0.717, 1.165) is 29.0 Å². The molecule has 3 aromatic rings. The Morgan fingerprint density at radius 2 is 1.91 bits per heavy atom. The Bertz CT molecular complexity index is 1210. The molecule has 2 aromatic carbocycles. The van der Waals surface area contributed by atoms with Gasteiger partial charge < -0.3 is 19.4 Å². The molecule has 0 spiro atoms. The van der Waals surface area contributed by atoms with E-state index in [-0.39, 0.29) is 17.2 Å². The third-order valence-electron chi connectivity index (χ3n) is 5.70. The number of ketones is 1. The Labute approximate surface area is 193 Å². The van der Waals surface area contributed by atoms with Crippen LogP contribution in [-0.2, 0) is 13.0 Å². The van der Waals surface area contributed by atoms with Crippen LogP contribution in [0.15, 0.2) is 71.4 Å². The Balaban J connectivity index is 1.61. The molecule has 0 unspecified atom stereocenters. The predicted octanol–water partition coefficient (Wildman–Crippen LogP) is 4.71. The van der Waals surface area contributed by atoms with Crippen LogP contribution < -0.4 is 10.1 Å². The molecular weight excluding hydrogens is 416 g/mol. The minimum Gasteiger partial charge on any atom is -0.497 e. The maximum Gasteiger partial charge on any atom is 0.254 e. The molecule has 6 nitrogen and oxygen atoms in total. The molecule has 0 saturated carbocycles. The lowest BCUT2D eigenvalue weighted by atomic mass is 9.85. The summed E-state index contributed by atoms with van der Waals surface area (Å²) >= 11 is 0. The first-order valence-electron chi connectivity index (χ1n) is 10.9. The van der Waals surface area contributed by atoms with E-state index >= 15 is 0 Å². The van der Waals surface area contributed by atoms with Crippen LogP contribution in [0.1, 0.15) is 51.5 Å². The van der Waals surface area contributed by atoms with Gasteiger partial charge in [0.1, 0.15) is 11.5 Å². The summed E-state index contributed by atoms with van der Waals surface area (Å²) in [6.45, 7) is 4.56. The van der Waals surface area contributed by atoms with Gasteiger partial charge in [-0.05, 0) is 62.2 Å². The molecular formula is C27H28N2O4. The van der Waals surface area contributed by atoms with Gasteiger partial charge in [-0.1, -0.05) is 18.2 Å². The molecule has 33 heavy (non-hydrogen) atoms. The van der Waals surface area contributed by atoms with Crippen molar-refractivity contribution in [2.45, 2.75) is 32.4 Å². The van der Waals surface area contributed by atoms with E-state index < -0.39 is 0 Å². The average molecular weight is 445 g/mol. The quantitative estimate of drug-likeness (QED) is 0.440. The van der Waals surface area contributed by atoms with Gasteiger partial charge in [-0.25, -0.2) is 0 Å². The number of carbonyl (C=O) groups excluding carboxylic acids is 2. The largest absolute Gasteiger partial charge is 0.497 e. The van der Waals surface area contributed by atoms with Gasteiger partial charge in [0.15, 0.2) is 5.78 Å². The molecule has 0 fully saturated rings. The molecule has 0 bridgehead atoms. The van der Waals surface area contributed by atoms with Crippen molar-refractivity contribution in [3.05, 3.63) is 95.0 Å². The highest BCUT2D eigenvalue weighted by Gasteiger charge is 2.28. The van der Waals surface area contributed by atoms with E-state index in [4.69, 9.17) is 9.15 Å². The highest BCUT2D eigenvalue weighted by atomic mass is 16.5. The van der Waals surface area contributed by atoms with Crippen molar-refractivity contribution in [2.24, 2.45) is 0 Å². The molecule has 1 amide bonds. The first kappa shape index (κ1) is 22.4. The number of hydrogen-bond acceptors (Lipinski definition) is 5. The van der Waals surface area contributed by atoms with E-state index in [2.05, 4.69) is 19.2 Å². The van der Waals surface area contributed by atoms with Gasteiger partial charge in [0.2, 0.25) is 0 Å². The molecule has 0 radical (unpaired) electrons. The molecule has 170 valence electrons. The number of hydrogen-bond donors (Lipinski definition) is 1. The number of allylic oxidation sites excluding steroid dienone is 1. The third kappa shape index (κ3) is 5.00. The van der Waals surface area contributed by atoms with Gasteiger partial charge in [0.05, 0.1) is 19.9 Å². The minimum absolute atomic E-state index is 0.174. The van der Waals surface area contributed by atoms with Crippen LogP contribution in [0.5, 0.6) is 5.75 Å². The lowest BCUT2D eigenvalue weighted by Crippen LogP contribution is -2.43. The van der Waals surface area contributed by atoms with E-state index in [1.807, 2.05) is 24.3 Å². The molecule has 4 rings (SSSR count). The van der Waals surface area contributed by atoms with Gasteiger partial charge >= 0.3 is 0 Å². The summed E-state index contributed by atoms with van der Waals surface area (Å²) in [5.74, 6) is 1.08. The van der Waals surface area contributed by atoms with Crippen molar-refractivity contribution in [3.63, 3.8) is 0 Å². The zero-order valence-electron chi connectivity index (χ0n) is 19.3. The summed E-state index contributed by atoms with van der Waals surface area (Å²) in [6, 6.07) is 16.3. The number of rotatable bonds is 6. The zero-order valence-corrected chi connectivity index (χ0v) is 19.3. The third-order valence-corrected chi connectivity index (χ3v) is 5.70. The Morgan fingerprint density at radius 3 is 2.64 bits per heavy atom. The fraction of sp³-hybridized carbons (Fsp3) is 0.259. The summed E-state index contributed by atoms with van der Waals surface area (Å²) in [4.78, 5) is 27.7. The topological polar surface area (TPSA) is 71.8 Å². The van der Waals surface area contributed by atoms with Crippen LogP contribution >= 0.6 is 0 Å². The summed E-state index contributed by atoms with van der Waals surface area (Å²) in [5.41, 5.74) is 3.56. The predicted molar refractivity (Wildman–Crippen MR) is 127 cm³/mol. The Hall–Kier alpha value is -3.80. The SMILES string of the molecule is COc1ccc2c(c1)/C(=C/C(=O)c1cccc(C(=O)N(C)Cc3ccco3)c1)NC(C)(C)C2. The zero-order chi connectivity index (χ0) is 23.6. The number of nitrogens with one attached hydrogen (secondary N) is 1. The number of methoxy groups -OCH3 is 1. The smallest absolute Gasteiger partial charge is 0.254 e. The standard InChI is InChI=1S/C27H28N2O4/c1-27(2)16-20-10-11-21(32-4)14-23(20)24(28-27)15-25(30)18-7-5-8-19(13-18)26(31)29(3)17-22-9-6-12-33-22/h5-15,28H,16-17H2,1-4H3/b24-15-. The molecule has 1 aliphatic heterocycles. The number of fused-ring (bicyclic) bond motifs is 1. The lowest BCUT2D eigenvalue weighted by molar-refractivity contribution is 0.0775. The Morgan fingerprint density at radius 1 is 1.12 bits per heavy atom. The van der Waals surface area contributed by atoms with Crippen molar-refractivity contribution in [1.29, 1.82) is 0 Å². The second-order valence-corrected chi connectivity index (χ2v) is 8.95. The fourth-order valence-corrected chi connectivity index (χ4v) is 4.10. The molecule has 6 heteroatoms. The molecule has 0 atom stereocenters. The summed E-state index contributed by atoms with van der Waals surface area (Å²) in [5, 5.41) is 3.48. The van der Waals surface area contributed by atoms with Crippen molar-refractivity contribution in [2.75, 3.05) is 14.2 Å². The normalized spacial score (nSPS) is 15.5. The lowest BCUT2D eigenvalue weighted by Gasteiger charge is -2.35. The number of ether oxygens (including phenoxy) is 1. The number of furan rings is 1. The molecule has 1 aromatic heterocycles. The van der Waals surface area contributed by atoms with Crippen molar-refractivity contribution in [1.82, 2.24) is 10.2 Å². The van der Waals surface area contributed by atoms with E-state index in [1.165, 1.54) is 0 Å². The van der Waals surface area contributed by atoms with Crippen molar-refractivity contribution < 1.29 is 18.7 Å². The minimum atomic E-state index is -0.194. The number of benzene rings is 2. The van der Waals surface area contributed by atoms with Crippen LogP contribution in [0.25, 0.3) is 5.70 Å². The summed E-state index contributed by atoms with van der Waals surface area (Å²) in [6.07, 6.45) is 4.02. The first-order chi connectivity index (χ1) is 15.8. The first-order valence-corrected chi connectivity index (χ1v) is 10.9. The maximum absolute atomic E-state index is 13.2. The second-order valence-electron chi connectivity index (χ2n) is 8.95. The monoisotopic (exact) mass is 444 g/mol. The van der Waals surface area contributed by atoms with Gasteiger partial charge in [-0.15, -0.1) is 0 Å². The van der Waals surface area contributed by atoms with Gasteiger partial charge in [0.25, 0.3) is 5.91 Å². The van der Waals surface area contributed by atoms with E-state index in [1.54, 1.807) is 61.7 Å². The molecule has 0 saturated heterocycles. The van der Waals surface area contributed by atoms with Crippen LogP contribution in [-0.4, -0.2) is 36.3 Å². The molecule has 2 heterocycles.